The van der Waals surface area contributed by atoms with Crippen LogP contribution in [-0.2, 0) is 11.3 Å². The molecule has 154 valence electrons. The van der Waals surface area contributed by atoms with Crippen molar-refractivity contribution in [2.24, 2.45) is 5.92 Å². The minimum atomic E-state index is -0.983. The number of carbonyl (C=O) groups is 2. The van der Waals surface area contributed by atoms with Crippen LogP contribution in [0.2, 0.25) is 0 Å². The molecule has 7 heteroatoms. The van der Waals surface area contributed by atoms with Crippen molar-refractivity contribution in [2.75, 3.05) is 19.6 Å². The predicted molar refractivity (Wildman–Crippen MR) is 110 cm³/mol. The predicted octanol–water partition coefficient (Wildman–Crippen LogP) is 2.12. The number of nitrogens with zero attached hydrogens (tertiary/aromatic N) is 1. The average molecular weight is 396 g/mol. The zero-order chi connectivity index (χ0) is 20.5. The highest BCUT2D eigenvalue weighted by molar-refractivity contribution is 5.88. The lowest BCUT2D eigenvalue weighted by Crippen LogP contribution is -2.38. The van der Waals surface area contributed by atoms with Crippen molar-refractivity contribution in [3.63, 3.8) is 0 Å². The Bertz CT molecular complexity index is 789. The maximum absolute atomic E-state index is 12.9. The molecule has 1 amide bonds. The Morgan fingerprint density at radius 3 is 2.59 bits per heavy atom. The number of benzene rings is 1. The fourth-order valence-corrected chi connectivity index (χ4v) is 3.57. The second-order valence-corrected chi connectivity index (χ2v) is 7.38. The van der Waals surface area contributed by atoms with Crippen LogP contribution in [-0.4, -0.2) is 41.6 Å². The van der Waals surface area contributed by atoms with Crippen LogP contribution in [0.4, 0.5) is 0 Å². The van der Waals surface area contributed by atoms with Gasteiger partial charge in [-0.05, 0) is 67.6 Å². The molecule has 0 bridgehead atoms. The first-order chi connectivity index (χ1) is 14.1. The summed E-state index contributed by atoms with van der Waals surface area (Å²) >= 11 is 0. The van der Waals surface area contributed by atoms with E-state index in [1.807, 2.05) is 12.1 Å². The van der Waals surface area contributed by atoms with E-state index in [1.54, 1.807) is 24.5 Å². The van der Waals surface area contributed by atoms with E-state index in [9.17, 15) is 9.59 Å². The lowest BCUT2D eigenvalue weighted by molar-refractivity contribution is -0.123. The van der Waals surface area contributed by atoms with Crippen molar-refractivity contribution in [3.8, 4) is 0 Å². The lowest BCUT2D eigenvalue weighted by atomic mass is 9.94. The monoisotopic (exact) mass is 396 g/mol. The average Bonchev–Trinajstić information content (AvgIpc) is 2.76. The van der Waals surface area contributed by atoms with E-state index < -0.39 is 12.0 Å². The minimum absolute atomic E-state index is 0.106. The van der Waals surface area contributed by atoms with Crippen LogP contribution in [0.1, 0.15) is 46.8 Å². The molecule has 1 aliphatic rings. The van der Waals surface area contributed by atoms with Gasteiger partial charge in [0.1, 0.15) is 6.04 Å². The van der Waals surface area contributed by atoms with Gasteiger partial charge in [0.2, 0.25) is 5.91 Å². The van der Waals surface area contributed by atoms with E-state index in [-0.39, 0.29) is 11.5 Å². The van der Waals surface area contributed by atoms with Gasteiger partial charge in [0.15, 0.2) is 0 Å². The molecule has 4 N–H and O–H groups in total. The highest BCUT2D eigenvalue weighted by Gasteiger charge is 2.21. The van der Waals surface area contributed by atoms with Gasteiger partial charge in [-0.3, -0.25) is 15.1 Å². The third-order valence-electron chi connectivity index (χ3n) is 5.30. The fourth-order valence-electron chi connectivity index (χ4n) is 3.57. The van der Waals surface area contributed by atoms with E-state index in [1.165, 1.54) is 12.1 Å². The van der Waals surface area contributed by atoms with Crippen molar-refractivity contribution in [3.05, 3.63) is 65.5 Å². The molecule has 1 fully saturated rings. The van der Waals surface area contributed by atoms with Crippen molar-refractivity contribution in [1.29, 1.82) is 0 Å². The Labute approximate surface area is 170 Å². The molecular weight excluding hydrogens is 368 g/mol. The SMILES string of the molecule is O=C(O)c1ccc(C(NCc2cccnc2)C(=O)NCCC2CCNCC2)cc1. The quantitative estimate of drug-likeness (QED) is 0.518. The molecule has 7 nitrogen and oxygen atoms in total. The highest BCUT2D eigenvalue weighted by Crippen LogP contribution is 2.17. The highest BCUT2D eigenvalue weighted by atomic mass is 16.4. The summed E-state index contributed by atoms with van der Waals surface area (Å²) in [5, 5.41) is 18.8. The summed E-state index contributed by atoms with van der Waals surface area (Å²) in [5.74, 6) is -0.443. The van der Waals surface area contributed by atoms with E-state index in [4.69, 9.17) is 5.11 Å². The maximum Gasteiger partial charge on any atom is 0.335 e. The number of aromatic nitrogens is 1. The maximum atomic E-state index is 12.9. The molecule has 0 aliphatic carbocycles. The number of carbonyl (C=O) groups excluding carboxylic acids is 1. The molecule has 29 heavy (non-hydrogen) atoms. The molecular formula is C22H28N4O3. The summed E-state index contributed by atoms with van der Waals surface area (Å²) in [5.41, 5.74) is 1.91. The largest absolute Gasteiger partial charge is 0.478 e. The number of carboxylic acid groups (broad SMARTS) is 1. The van der Waals surface area contributed by atoms with Gasteiger partial charge in [-0.15, -0.1) is 0 Å². The standard InChI is InChI=1S/C22H28N4O3/c27-21(25-13-9-16-7-11-23-12-8-16)20(26-15-17-2-1-10-24-14-17)18-3-5-19(6-4-18)22(28)29/h1-6,10,14,16,20,23,26H,7-9,11-13,15H2,(H,25,27)(H,28,29). The van der Waals surface area contributed by atoms with Gasteiger partial charge in [0.25, 0.3) is 0 Å². The molecule has 1 atom stereocenters. The van der Waals surface area contributed by atoms with Gasteiger partial charge < -0.3 is 15.7 Å². The number of carboxylic acids is 1. The van der Waals surface area contributed by atoms with E-state index in [2.05, 4.69) is 20.9 Å². The number of pyridine rings is 1. The van der Waals surface area contributed by atoms with Crippen LogP contribution in [0.5, 0.6) is 0 Å². The van der Waals surface area contributed by atoms with Gasteiger partial charge in [0.05, 0.1) is 5.56 Å². The van der Waals surface area contributed by atoms with E-state index in [0.29, 0.717) is 19.0 Å². The molecule has 1 aliphatic heterocycles. The summed E-state index contributed by atoms with van der Waals surface area (Å²) in [6.45, 7) is 3.22. The first-order valence-corrected chi connectivity index (χ1v) is 10.1. The summed E-state index contributed by atoms with van der Waals surface area (Å²) in [6, 6.07) is 9.67. The first kappa shape index (κ1) is 21.0. The van der Waals surface area contributed by atoms with Crippen LogP contribution >= 0.6 is 0 Å². The van der Waals surface area contributed by atoms with E-state index in [0.717, 1.165) is 43.5 Å². The number of nitrogens with one attached hydrogen (secondary N) is 3. The van der Waals surface area contributed by atoms with Gasteiger partial charge in [-0.25, -0.2) is 4.79 Å². The van der Waals surface area contributed by atoms with Gasteiger partial charge in [-0.1, -0.05) is 18.2 Å². The summed E-state index contributed by atoms with van der Waals surface area (Å²) in [7, 11) is 0. The minimum Gasteiger partial charge on any atom is -0.478 e. The zero-order valence-corrected chi connectivity index (χ0v) is 16.4. The molecule has 1 saturated heterocycles. The van der Waals surface area contributed by atoms with Crippen molar-refractivity contribution in [1.82, 2.24) is 20.9 Å². The topological polar surface area (TPSA) is 103 Å². The van der Waals surface area contributed by atoms with Crippen LogP contribution in [0.3, 0.4) is 0 Å². The smallest absolute Gasteiger partial charge is 0.335 e. The second kappa shape index (κ2) is 10.7. The summed E-state index contributed by atoms with van der Waals surface area (Å²) in [4.78, 5) is 28.1. The Hall–Kier alpha value is -2.77. The zero-order valence-electron chi connectivity index (χ0n) is 16.4. The molecule has 1 aromatic carbocycles. The third-order valence-corrected chi connectivity index (χ3v) is 5.30. The van der Waals surface area contributed by atoms with Crippen LogP contribution < -0.4 is 16.0 Å². The Morgan fingerprint density at radius 2 is 1.93 bits per heavy atom. The lowest BCUT2D eigenvalue weighted by Gasteiger charge is -2.23. The number of hydrogen-bond donors (Lipinski definition) is 4. The van der Waals surface area contributed by atoms with Gasteiger partial charge in [-0.2, -0.15) is 0 Å². The van der Waals surface area contributed by atoms with Gasteiger partial charge in [0, 0.05) is 25.5 Å². The summed E-state index contributed by atoms with van der Waals surface area (Å²) in [6.07, 6.45) is 6.73. The normalized spacial score (nSPS) is 15.6. The molecule has 0 spiro atoms. The van der Waals surface area contributed by atoms with Crippen molar-refractivity contribution in [2.45, 2.75) is 31.8 Å². The number of piperidine rings is 1. The molecule has 0 saturated carbocycles. The number of hydrogen-bond acceptors (Lipinski definition) is 5. The fraction of sp³-hybridized carbons (Fsp3) is 0.409. The second-order valence-electron chi connectivity index (χ2n) is 7.38. The number of rotatable bonds is 9. The molecule has 1 unspecified atom stereocenters. The van der Waals surface area contributed by atoms with Crippen molar-refractivity contribution >= 4 is 11.9 Å². The molecule has 0 radical (unpaired) electrons. The third kappa shape index (κ3) is 6.37. The molecule has 1 aromatic heterocycles. The first-order valence-electron chi connectivity index (χ1n) is 10.1. The van der Waals surface area contributed by atoms with Crippen LogP contribution in [0.15, 0.2) is 48.8 Å². The Kier molecular flexibility index (Phi) is 7.72. The van der Waals surface area contributed by atoms with Crippen LogP contribution in [0, 0.1) is 5.92 Å². The number of amides is 1. The molecule has 2 aromatic rings. The van der Waals surface area contributed by atoms with Gasteiger partial charge >= 0.3 is 5.97 Å². The number of aromatic carboxylic acids is 1. The van der Waals surface area contributed by atoms with Crippen LogP contribution in [0.25, 0.3) is 0 Å². The van der Waals surface area contributed by atoms with Crippen molar-refractivity contribution < 1.29 is 14.7 Å². The Morgan fingerprint density at radius 1 is 1.17 bits per heavy atom. The molecule has 3 rings (SSSR count). The Balaban J connectivity index is 1.63. The summed E-state index contributed by atoms with van der Waals surface area (Å²) < 4.78 is 0. The molecule has 2 heterocycles. The van der Waals surface area contributed by atoms with E-state index >= 15 is 0 Å².